The number of aryl methyl sites for hydroxylation is 2. The summed E-state index contributed by atoms with van der Waals surface area (Å²) < 4.78 is 40.3. The molecule has 1 fully saturated rings. The fourth-order valence-electron chi connectivity index (χ4n) is 3.25. The third-order valence-corrected chi connectivity index (χ3v) is 4.81. The highest BCUT2D eigenvalue weighted by molar-refractivity contribution is 5.95. The standard InChI is InChI=1S/C18H21F3N4O/c1-12-5-4-6-15(13(12)2)24-7-9-25(10-8-24)17(26)14-11-23(3)22-16(14)18(19,20)21/h4-6,11H,7-10H2,1-3H3. The Morgan fingerprint density at radius 2 is 1.77 bits per heavy atom. The van der Waals surface area contributed by atoms with Gasteiger partial charge in [0.2, 0.25) is 0 Å². The van der Waals surface area contributed by atoms with Gasteiger partial charge in [-0.05, 0) is 31.0 Å². The number of amides is 1. The van der Waals surface area contributed by atoms with Crippen LogP contribution in [0.4, 0.5) is 18.9 Å². The molecule has 1 aliphatic heterocycles. The Bertz CT molecular complexity index is 820. The van der Waals surface area contributed by atoms with Crippen molar-refractivity contribution in [2.75, 3.05) is 31.1 Å². The van der Waals surface area contributed by atoms with Gasteiger partial charge in [-0.1, -0.05) is 12.1 Å². The molecule has 3 rings (SSSR count). The minimum absolute atomic E-state index is 0.373. The summed E-state index contributed by atoms with van der Waals surface area (Å²) in [7, 11) is 1.38. The summed E-state index contributed by atoms with van der Waals surface area (Å²) in [6.45, 7) is 6.00. The zero-order chi connectivity index (χ0) is 19.1. The zero-order valence-electron chi connectivity index (χ0n) is 15.0. The first-order valence-electron chi connectivity index (χ1n) is 8.39. The number of rotatable bonds is 2. The predicted octanol–water partition coefficient (Wildman–Crippen LogP) is 3.02. The van der Waals surface area contributed by atoms with Gasteiger partial charge in [0, 0.05) is 45.1 Å². The number of halogens is 3. The fourth-order valence-corrected chi connectivity index (χ4v) is 3.25. The van der Waals surface area contributed by atoms with Crippen LogP contribution in [0.2, 0.25) is 0 Å². The van der Waals surface area contributed by atoms with E-state index in [0.717, 1.165) is 16.6 Å². The van der Waals surface area contributed by atoms with E-state index in [1.54, 1.807) is 0 Å². The molecule has 0 aliphatic carbocycles. The maximum Gasteiger partial charge on any atom is 0.435 e. The zero-order valence-corrected chi connectivity index (χ0v) is 15.0. The van der Waals surface area contributed by atoms with Gasteiger partial charge < -0.3 is 9.80 Å². The van der Waals surface area contributed by atoms with Gasteiger partial charge in [-0.2, -0.15) is 18.3 Å². The second kappa shape index (κ2) is 6.66. The van der Waals surface area contributed by atoms with Crippen LogP contribution in [0.5, 0.6) is 0 Å². The number of carbonyl (C=O) groups is 1. The van der Waals surface area contributed by atoms with Gasteiger partial charge in [-0.15, -0.1) is 0 Å². The van der Waals surface area contributed by atoms with Gasteiger partial charge in [-0.25, -0.2) is 0 Å². The lowest BCUT2D eigenvalue weighted by atomic mass is 10.1. The summed E-state index contributed by atoms with van der Waals surface area (Å²) >= 11 is 0. The van der Waals surface area contributed by atoms with E-state index in [0.29, 0.717) is 26.2 Å². The van der Waals surface area contributed by atoms with Crippen LogP contribution in [0, 0.1) is 13.8 Å². The van der Waals surface area contributed by atoms with Gasteiger partial charge in [0.05, 0.1) is 5.56 Å². The van der Waals surface area contributed by atoms with Gasteiger partial charge in [0.25, 0.3) is 5.91 Å². The van der Waals surface area contributed by atoms with E-state index in [1.807, 2.05) is 32.0 Å². The van der Waals surface area contributed by atoms with Crippen molar-refractivity contribution < 1.29 is 18.0 Å². The molecule has 26 heavy (non-hydrogen) atoms. The first kappa shape index (κ1) is 18.3. The third-order valence-electron chi connectivity index (χ3n) is 4.81. The number of hydrogen-bond donors (Lipinski definition) is 0. The molecular weight excluding hydrogens is 345 g/mol. The number of alkyl halides is 3. The van der Waals surface area contributed by atoms with Crippen molar-refractivity contribution in [3.05, 3.63) is 46.8 Å². The number of nitrogens with zero attached hydrogens (tertiary/aromatic N) is 4. The highest BCUT2D eigenvalue weighted by atomic mass is 19.4. The molecular formula is C18H21F3N4O. The van der Waals surface area contributed by atoms with Crippen LogP contribution < -0.4 is 4.90 Å². The summed E-state index contributed by atoms with van der Waals surface area (Å²) in [6.07, 6.45) is -3.50. The predicted molar refractivity (Wildman–Crippen MR) is 92.2 cm³/mol. The summed E-state index contributed by atoms with van der Waals surface area (Å²) in [6, 6.07) is 6.06. The Balaban J connectivity index is 1.75. The topological polar surface area (TPSA) is 41.4 Å². The number of piperazine rings is 1. The van der Waals surface area contributed by atoms with E-state index in [2.05, 4.69) is 10.00 Å². The van der Waals surface area contributed by atoms with Crippen LogP contribution in [-0.4, -0.2) is 46.8 Å². The SMILES string of the molecule is Cc1cccc(N2CCN(C(=O)c3cn(C)nc3C(F)(F)F)CC2)c1C. The lowest BCUT2D eigenvalue weighted by Gasteiger charge is -2.37. The van der Waals surface area contributed by atoms with Crippen LogP contribution in [0.25, 0.3) is 0 Å². The number of aromatic nitrogens is 2. The normalized spacial score (nSPS) is 15.5. The average molecular weight is 366 g/mol. The molecule has 0 saturated carbocycles. The van der Waals surface area contributed by atoms with Crippen LogP contribution in [0.15, 0.2) is 24.4 Å². The lowest BCUT2D eigenvalue weighted by molar-refractivity contribution is -0.141. The summed E-state index contributed by atoms with van der Waals surface area (Å²) in [5.74, 6) is -0.619. The van der Waals surface area contributed by atoms with E-state index in [-0.39, 0.29) is 5.56 Å². The monoisotopic (exact) mass is 366 g/mol. The largest absolute Gasteiger partial charge is 0.435 e. The summed E-state index contributed by atoms with van der Waals surface area (Å²) in [5.41, 5.74) is 1.96. The maximum absolute atomic E-state index is 13.1. The molecule has 0 radical (unpaired) electrons. The number of hydrogen-bond acceptors (Lipinski definition) is 3. The van der Waals surface area contributed by atoms with E-state index in [1.165, 1.54) is 23.1 Å². The van der Waals surface area contributed by atoms with Crippen molar-refractivity contribution in [1.29, 1.82) is 0 Å². The third kappa shape index (κ3) is 3.40. The minimum atomic E-state index is -4.65. The van der Waals surface area contributed by atoms with Crippen molar-refractivity contribution in [3.8, 4) is 0 Å². The molecule has 1 amide bonds. The molecule has 8 heteroatoms. The van der Waals surface area contributed by atoms with Crippen LogP contribution >= 0.6 is 0 Å². The second-order valence-electron chi connectivity index (χ2n) is 6.56. The molecule has 1 aliphatic rings. The molecule has 0 unspecified atom stereocenters. The smallest absolute Gasteiger partial charge is 0.368 e. The molecule has 0 bridgehead atoms. The van der Waals surface area contributed by atoms with Gasteiger partial charge >= 0.3 is 6.18 Å². The molecule has 5 nitrogen and oxygen atoms in total. The van der Waals surface area contributed by atoms with E-state index >= 15 is 0 Å². The number of carbonyl (C=O) groups excluding carboxylic acids is 1. The Morgan fingerprint density at radius 1 is 1.12 bits per heavy atom. The van der Waals surface area contributed by atoms with Gasteiger partial charge in [-0.3, -0.25) is 9.48 Å². The summed E-state index contributed by atoms with van der Waals surface area (Å²) in [5, 5.41) is 3.42. The van der Waals surface area contributed by atoms with Crippen molar-refractivity contribution >= 4 is 11.6 Å². The molecule has 1 saturated heterocycles. The molecule has 2 heterocycles. The molecule has 1 aromatic heterocycles. The Kier molecular flexibility index (Phi) is 4.68. The van der Waals surface area contributed by atoms with Gasteiger partial charge in [0.1, 0.15) is 0 Å². The number of anilines is 1. The van der Waals surface area contributed by atoms with Gasteiger partial charge in [0.15, 0.2) is 5.69 Å². The van der Waals surface area contributed by atoms with E-state index in [9.17, 15) is 18.0 Å². The number of benzene rings is 1. The van der Waals surface area contributed by atoms with Crippen LogP contribution in [0.1, 0.15) is 27.2 Å². The highest BCUT2D eigenvalue weighted by Crippen LogP contribution is 2.31. The Hall–Kier alpha value is -2.51. The Labute approximate surface area is 150 Å². The van der Waals surface area contributed by atoms with Crippen molar-refractivity contribution in [2.45, 2.75) is 20.0 Å². The molecule has 140 valence electrons. The lowest BCUT2D eigenvalue weighted by Crippen LogP contribution is -2.49. The van der Waals surface area contributed by atoms with Crippen LogP contribution in [-0.2, 0) is 13.2 Å². The molecule has 2 aromatic rings. The van der Waals surface area contributed by atoms with Crippen molar-refractivity contribution in [1.82, 2.24) is 14.7 Å². The molecule has 0 spiro atoms. The molecule has 0 atom stereocenters. The van der Waals surface area contributed by atoms with Crippen LogP contribution in [0.3, 0.4) is 0 Å². The van der Waals surface area contributed by atoms with Crippen molar-refractivity contribution in [2.24, 2.45) is 7.05 Å². The maximum atomic E-state index is 13.1. The molecule has 0 N–H and O–H groups in total. The average Bonchev–Trinajstić information content (AvgIpc) is 2.99. The highest BCUT2D eigenvalue weighted by Gasteiger charge is 2.40. The Morgan fingerprint density at radius 3 is 2.38 bits per heavy atom. The quantitative estimate of drug-likeness (QED) is 0.821. The minimum Gasteiger partial charge on any atom is -0.368 e. The fraction of sp³-hybridized carbons (Fsp3) is 0.444. The summed E-state index contributed by atoms with van der Waals surface area (Å²) in [4.78, 5) is 16.2. The van der Waals surface area contributed by atoms with Crippen molar-refractivity contribution in [3.63, 3.8) is 0 Å². The second-order valence-corrected chi connectivity index (χ2v) is 6.56. The first-order valence-corrected chi connectivity index (χ1v) is 8.39. The molecule has 1 aromatic carbocycles. The first-order chi connectivity index (χ1) is 12.2. The van der Waals surface area contributed by atoms with E-state index < -0.39 is 17.8 Å². The van der Waals surface area contributed by atoms with E-state index in [4.69, 9.17) is 0 Å².